The fourth-order valence-electron chi connectivity index (χ4n) is 2.12. The molecule has 0 amide bonds. The lowest BCUT2D eigenvalue weighted by Crippen LogP contribution is -2.22. The summed E-state index contributed by atoms with van der Waals surface area (Å²) in [5.41, 5.74) is 3.34. The van der Waals surface area contributed by atoms with Crippen molar-refractivity contribution in [3.8, 4) is 0 Å². The number of halogens is 2. The average Bonchev–Trinajstić information content (AvgIpc) is 2.67. The smallest absolute Gasteiger partial charge is 0.0760 e. The van der Waals surface area contributed by atoms with Crippen LogP contribution in [0.2, 0.25) is 5.02 Å². The molecule has 2 aromatic rings. The number of hydrogen-bond acceptors (Lipinski definition) is 2. The zero-order valence-electron chi connectivity index (χ0n) is 10.5. The predicted molar refractivity (Wildman–Crippen MR) is 78.0 cm³/mol. The van der Waals surface area contributed by atoms with E-state index in [0.717, 1.165) is 26.3 Å². The Morgan fingerprint density at radius 3 is 2.72 bits per heavy atom. The molecule has 0 aliphatic carbocycles. The van der Waals surface area contributed by atoms with Gasteiger partial charge in [0.05, 0.1) is 22.4 Å². The molecular formula is C13H15BrClN3. The molecule has 1 heterocycles. The molecule has 0 bridgehead atoms. The van der Waals surface area contributed by atoms with Gasteiger partial charge < -0.3 is 5.32 Å². The van der Waals surface area contributed by atoms with E-state index in [0.29, 0.717) is 0 Å². The molecule has 3 nitrogen and oxygen atoms in total. The summed E-state index contributed by atoms with van der Waals surface area (Å²) in [7, 11) is 3.87. The SMILES string of the molecule is CNC(c1cccc(Cl)c1C)c1c(Br)cnn1C. The molecule has 1 aromatic heterocycles. The zero-order chi connectivity index (χ0) is 13.3. The second kappa shape index (κ2) is 5.43. The molecule has 0 saturated heterocycles. The van der Waals surface area contributed by atoms with Gasteiger partial charge in [0.15, 0.2) is 0 Å². The highest BCUT2D eigenvalue weighted by Crippen LogP contribution is 2.31. The molecule has 0 spiro atoms. The first-order chi connectivity index (χ1) is 8.56. The maximum Gasteiger partial charge on any atom is 0.0760 e. The minimum atomic E-state index is 0.0607. The van der Waals surface area contributed by atoms with Crippen molar-refractivity contribution in [1.29, 1.82) is 0 Å². The third kappa shape index (κ3) is 2.32. The standard InChI is InChI=1S/C13H15BrClN3/c1-8-9(5-4-6-11(8)15)12(16-2)13-10(14)7-17-18(13)3/h4-7,12,16H,1-3H3. The zero-order valence-corrected chi connectivity index (χ0v) is 12.9. The molecule has 5 heteroatoms. The second-order valence-electron chi connectivity index (χ2n) is 4.18. The van der Waals surface area contributed by atoms with Crippen LogP contribution in [0, 0.1) is 6.92 Å². The van der Waals surface area contributed by atoms with E-state index in [9.17, 15) is 0 Å². The molecular weight excluding hydrogens is 314 g/mol. The lowest BCUT2D eigenvalue weighted by Gasteiger charge is -2.20. The molecule has 2 rings (SSSR count). The van der Waals surface area contributed by atoms with Gasteiger partial charge in [0.25, 0.3) is 0 Å². The van der Waals surface area contributed by atoms with E-state index in [1.807, 2.05) is 37.8 Å². The highest BCUT2D eigenvalue weighted by molar-refractivity contribution is 9.10. The van der Waals surface area contributed by atoms with Gasteiger partial charge in [0.2, 0.25) is 0 Å². The summed E-state index contributed by atoms with van der Waals surface area (Å²) in [6.07, 6.45) is 1.81. The number of benzene rings is 1. The van der Waals surface area contributed by atoms with Gasteiger partial charge in [-0.25, -0.2) is 0 Å². The van der Waals surface area contributed by atoms with E-state index < -0.39 is 0 Å². The van der Waals surface area contributed by atoms with Gasteiger partial charge in [0.1, 0.15) is 0 Å². The van der Waals surface area contributed by atoms with Crippen LogP contribution in [0.1, 0.15) is 22.9 Å². The van der Waals surface area contributed by atoms with Crippen LogP contribution in [0.15, 0.2) is 28.9 Å². The first kappa shape index (κ1) is 13.6. The maximum atomic E-state index is 6.19. The van der Waals surface area contributed by atoms with E-state index in [4.69, 9.17) is 11.6 Å². The third-order valence-electron chi connectivity index (χ3n) is 3.12. The van der Waals surface area contributed by atoms with Crippen molar-refractivity contribution >= 4 is 27.5 Å². The van der Waals surface area contributed by atoms with Crippen LogP contribution in [0.25, 0.3) is 0 Å². The number of nitrogens with zero attached hydrogens (tertiary/aromatic N) is 2. The number of aromatic nitrogens is 2. The normalized spacial score (nSPS) is 12.7. The summed E-state index contributed by atoms with van der Waals surface area (Å²) in [5, 5.41) is 8.36. The topological polar surface area (TPSA) is 29.9 Å². The number of hydrogen-bond donors (Lipinski definition) is 1. The molecule has 0 aliphatic heterocycles. The summed E-state index contributed by atoms with van der Waals surface area (Å²) < 4.78 is 2.86. The van der Waals surface area contributed by atoms with Crippen LogP contribution < -0.4 is 5.32 Å². The van der Waals surface area contributed by atoms with Crippen LogP contribution in [0.3, 0.4) is 0 Å². The Morgan fingerprint density at radius 1 is 1.44 bits per heavy atom. The summed E-state index contributed by atoms with van der Waals surface area (Å²) in [6.45, 7) is 2.03. The fraction of sp³-hybridized carbons (Fsp3) is 0.308. The van der Waals surface area contributed by atoms with Gasteiger partial charge in [-0.15, -0.1) is 0 Å². The molecule has 18 heavy (non-hydrogen) atoms. The van der Waals surface area contributed by atoms with Crippen molar-refractivity contribution in [2.75, 3.05) is 7.05 Å². The monoisotopic (exact) mass is 327 g/mol. The summed E-state index contributed by atoms with van der Waals surface area (Å²) in [5.74, 6) is 0. The maximum absolute atomic E-state index is 6.19. The Morgan fingerprint density at radius 2 is 2.17 bits per heavy atom. The Balaban J connectivity index is 2.56. The molecule has 0 fully saturated rings. The Labute approximate surface area is 120 Å². The van der Waals surface area contributed by atoms with Gasteiger partial charge in [-0.05, 0) is 47.1 Å². The summed E-state index contributed by atoms with van der Waals surface area (Å²) >= 11 is 9.74. The van der Waals surface area contributed by atoms with Crippen LogP contribution in [0.4, 0.5) is 0 Å². The molecule has 96 valence electrons. The molecule has 0 radical (unpaired) electrons. The van der Waals surface area contributed by atoms with Gasteiger partial charge in [0, 0.05) is 12.1 Å². The van der Waals surface area contributed by atoms with E-state index in [-0.39, 0.29) is 6.04 Å². The molecule has 0 aliphatic rings. The predicted octanol–water partition coefficient (Wildman–Crippen LogP) is 3.45. The number of rotatable bonds is 3. The highest BCUT2D eigenvalue weighted by atomic mass is 79.9. The van der Waals surface area contributed by atoms with E-state index in [2.05, 4.69) is 32.4 Å². The molecule has 1 N–H and O–H groups in total. The number of aryl methyl sites for hydroxylation is 1. The highest BCUT2D eigenvalue weighted by Gasteiger charge is 2.21. The van der Waals surface area contributed by atoms with Crippen molar-refractivity contribution in [3.05, 3.63) is 50.7 Å². The van der Waals surface area contributed by atoms with Crippen molar-refractivity contribution in [3.63, 3.8) is 0 Å². The first-order valence-corrected chi connectivity index (χ1v) is 6.83. The lowest BCUT2D eigenvalue weighted by atomic mass is 9.99. The Hall–Kier alpha value is -0.840. The van der Waals surface area contributed by atoms with Gasteiger partial charge in [-0.2, -0.15) is 5.10 Å². The van der Waals surface area contributed by atoms with Crippen molar-refractivity contribution in [1.82, 2.24) is 15.1 Å². The quantitative estimate of drug-likeness (QED) is 0.935. The van der Waals surface area contributed by atoms with E-state index >= 15 is 0 Å². The van der Waals surface area contributed by atoms with Gasteiger partial charge >= 0.3 is 0 Å². The molecule has 0 saturated carbocycles. The molecule has 1 aromatic carbocycles. The first-order valence-electron chi connectivity index (χ1n) is 5.66. The van der Waals surface area contributed by atoms with Crippen LogP contribution in [-0.2, 0) is 7.05 Å². The minimum Gasteiger partial charge on any atom is -0.308 e. The van der Waals surface area contributed by atoms with Crippen LogP contribution >= 0.6 is 27.5 Å². The lowest BCUT2D eigenvalue weighted by molar-refractivity contribution is 0.602. The molecule has 1 unspecified atom stereocenters. The summed E-state index contributed by atoms with van der Waals surface area (Å²) in [4.78, 5) is 0. The van der Waals surface area contributed by atoms with Gasteiger partial charge in [-0.1, -0.05) is 23.7 Å². The largest absolute Gasteiger partial charge is 0.308 e. The van der Waals surface area contributed by atoms with Crippen molar-refractivity contribution in [2.45, 2.75) is 13.0 Å². The van der Waals surface area contributed by atoms with E-state index in [1.165, 1.54) is 0 Å². The Kier molecular flexibility index (Phi) is 4.10. The fourth-order valence-corrected chi connectivity index (χ4v) is 2.88. The molecule has 1 atom stereocenters. The second-order valence-corrected chi connectivity index (χ2v) is 5.44. The van der Waals surface area contributed by atoms with Crippen molar-refractivity contribution in [2.24, 2.45) is 7.05 Å². The summed E-state index contributed by atoms with van der Waals surface area (Å²) in [6, 6.07) is 6.03. The van der Waals surface area contributed by atoms with Crippen LogP contribution in [0.5, 0.6) is 0 Å². The van der Waals surface area contributed by atoms with E-state index in [1.54, 1.807) is 6.20 Å². The van der Waals surface area contributed by atoms with Crippen molar-refractivity contribution < 1.29 is 0 Å². The number of nitrogens with one attached hydrogen (secondary N) is 1. The average molecular weight is 329 g/mol. The minimum absolute atomic E-state index is 0.0607. The van der Waals surface area contributed by atoms with Gasteiger partial charge in [-0.3, -0.25) is 4.68 Å². The Bertz CT molecular complexity index is 546. The third-order valence-corrected chi connectivity index (χ3v) is 4.14. The van der Waals surface area contributed by atoms with Crippen LogP contribution in [-0.4, -0.2) is 16.8 Å².